The summed E-state index contributed by atoms with van der Waals surface area (Å²) in [5.41, 5.74) is 0. The van der Waals surface area contributed by atoms with Gasteiger partial charge in [-0.05, 0) is 0 Å². The Morgan fingerprint density at radius 1 is 1.23 bits per heavy atom. The van der Waals surface area contributed by atoms with Crippen molar-refractivity contribution in [3.05, 3.63) is 54.6 Å². The first kappa shape index (κ1) is 13.3. The minimum Gasteiger partial charge on any atom is -0.214 e. The molecule has 0 radical (unpaired) electrons. The van der Waals surface area contributed by atoms with Crippen LogP contribution in [0.25, 0.3) is 0 Å². The molecule has 1 aliphatic carbocycles. The fourth-order valence-corrected chi connectivity index (χ4v) is 0.661. The van der Waals surface area contributed by atoms with Crippen LogP contribution in [0.1, 0.15) is 6.42 Å². The zero-order valence-corrected chi connectivity index (χ0v) is 11.1. The normalized spacial score (nSPS) is 10.6. The van der Waals surface area contributed by atoms with Crippen LogP contribution < -0.4 is 0 Å². The van der Waals surface area contributed by atoms with E-state index >= 15 is 0 Å². The van der Waals surface area contributed by atoms with E-state index in [2.05, 4.69) is 12.2 Å². The van der Waals surface area contributed by atoms with Gasteiger partial charge in [-0.2, -0.15) is 24.3 Å². The predicted molar refractivity (Wildman–Crippen MR) is 55.3 cm³/mol. The zero-order valence-electron chi connectivity index (χ0n) is 7.08. The first-order valence-corrected chi connectivity index (χ1v) is 10.1. The molecule has 68 valence electrons. The molecule has 0 fully saturated rings. The fourth-order valence-electron chi connectivity index (χ4n) is 0.661. The minimum atomic E-state index is -0.826. The molecule has 0 saturated carbocycles. The average Bonchev–Trinajstić information content (AvgIpc) is 2.85. The average molecular weight is 292 g/mol. The summed E-state index contributed by atoms with van der Waals surface area (Å²) < 4.78 is 0. The smallest absolute Gasteiger partial charge is 0.172 e. The van der Waals surface area contributed by atoms with E-state index in [9.17, 15) is 0 Å². The summed E-state index contributed by atoms with van der Waals surface area (Å²) >= 11 is -0.826. The van der Waals surface area contributed by atoms with Crippen LogP contribution in [0.15, 0.2) is 48.6 Å². The Balaban J connectivity index is 0.000000174. The molecule has 2 rings (SSSR count). The van der Waals surface area contributed by atoms with Gasteiger partial charge >= 0.3 is 37.9 Å². The van der Waals surface area contributed by atoms with Gasteiger partial charge in [-0.15, -0.1) is 6.42 Å². The van der Waals surface area contributed by atoms with Crippen LogP contribution in [0.4, 0.5) is 0 Å². The van der Waals surface area contributed by atoms with Gasteiger partial charge in [0.1, 0.15) is 0 Å². The van der Waals surface area contributed by atoms with E-state index in [0.717, 1.165) is 6.42 Å². The molecule has 0 unspecified atom stereocenters. The summed E-state index contributed by atoms with van der Waals surface area (Å²) in [6.07, 6.45) is 10.0. The van der Waals surface area contributed by atoms with Crippen molar-refractivity contribution < 1.29 is 20.8 Å². The van der Waals surface area contributed by atoms with Crippen molar-refractivity contribution in [2.75, 3.05) is 0 Å². The van der Waals surface area contributed by atoms with Gasteiger partial charge in [-0.1, -0.05) is 0 Å². The molecule has 1 aromatic rings. The van der Waals surface area contributed by atoms with Gasteiger partial charge in [0.2, 0.25) is 0 Å². The molecular formula is C10H10Cl2Zr. The Kier molecular flexibility index (Phi) is 12.6. The van der Waals surface area contributed by atoms with Crippen LogP contribution in [0.2, 0.25) is 0 Å². The van der Waals surface area contributed by atoms with Crippen LogP contribution in [0.3, 0.4) is 0 Å². The van der Waals surface area contributed by atoms with Crippen LogP contribution in [-0.2, 0) is 20.8 Å². The van der Waals surface area contributed by atoms with Gasteiger partial charge in [0.25, 0.3) is 0 Å². The largest absolute Gasteiger partial charge is 0.214 e. The minimum absolute atomic E-state index is 0.826. The second kappa shape index (κ2) is 12.3. The quantitative estimate of drug-likeness (QED) is 0.632. The van der Waals surface area contributed by atoms with Gasteiger partial charge in [-0.3, -0.25) is 6.08 Å². The fraction of sp³-hybridized carbons (Fsp3) is 0.100. The predicted octanol–water partition coefficient (Wildman–Crippen LogP) is 4.09. The molecule has 0 aliphatic heterocycles. The molecule has 0 N–H and O–H groups in total. The third kappa shape index (κ3) is 12.3. The summed E-state index contributed by atoms with van der Waals surface area (Å²) in [5.74, 6) is 0. The van der Waals surface area contributed by atoms with Crippen molar-refractivity contribution in [1.82, 2.24) is 0 Å². The zero-order chi connectivity index (χ0) is 9.78. The molecule has 0 amide bonds. The van der Waals surface area contributed by atoms with Gasteiger partial charge in [0.15, 0.2) is 0 Å². The third-order valence-corrected chi connectivity index (χ3v) is 1.14. The van der Waals surface area contributed by atoms with E-state index in [0.29, 0.717) is 0 Å². The Bertz CT molecular complexity index is 188. The van der Waals surface area contributed by atoms with Gasteiger partial charge in [0.05, 0.1) is 0 Å². The topological polar surface area (TPSA) is 0 Å². The molecule has 0 atom stereocenters. The first-order chi connectivity index (χ1) is 6.41. The summed E-state index contributed by atoms with van der Waals surface area (Å²) in [6, 6.07) is 10.0. The van der Waals surface area contributed by atoms with Crippen molar-refractivity contribution in [2.45, 2.75) is 6.42 Å². The van der Waals surface area contributed by atoms with Crippen LogP contribution >= 0.6 is 17.0 Å². The summed E-state index contributed by atoms with van der Waals surface area (Å²) in [6.45, 7) is 0. The van der Waals surface area contributed by atoms with Crippen molar-refractivity contribution >= 4 is 17.0 Å². The Morgan fingerprint density at radius 3 is 2.00 bits per heavy atom. The van der Waals surface area contributed by atoms with E-state index in [1.165, 1.54) is 0 Å². The number of hydrogen-bond acceptors (Lipinski definition) is 0. The monoisotopic (exact) mass is 290 g/mol. The SMILES string of the molecule is [C-]1=CC=CC1.[Cl][Zr+2][Cl].c1cc[cH-]c1. The summed E-state index contributed by atoms with van der Waals surface area (Å²) in [5, 5.41) is 0. The van der Waals surface area contributed by atoms with Gasteiger partial charge in [0, 0.05) is 0 Å². The van der Waals surface area contributed by atoms with Crippen molar-refractivity contribution in [3.63, 3.8) is 0 Å². The van der Waals surface area contributed by atoms with E-state index in [-0.39, 0.29) is 0 Å². The first-order valence-electron chi connectivity index (χ1n) is 3.76. The van der Waals surface area contributed by atoms with E-state index in [1.54, 1.807) is 0 Å². The Labute approximate surface area is 98.3 Å². The maximum atomic E-state index is 4.93. The molecule has 13 heavy (non-hydrogen) atoms. The van der Waals surface area contributed by atoms with E-state index < -0.39 is 20.8 Å². The number of rotatable bonds is 0. The summed E-state index contributed by atoms with van der Waals surface area (Å²) in [7, 11) is 9.87. The van der Waals surface area contributed by atoms with Crippen LogP contribution in [0, 0.1) is 6.08 Å². The molecule has 0 nitrogen and oxygen atoms in total. The van der Waals surface area contributed by atoms with E-state index in [4.69, 9.17) is 17.0 Å². The van der Waals surface area contributed by atoms with E-state index in [1.807, 2.05) is 42.5 Å². The van der Waals surface area contributed by atoms with Crippen LogP contribution in [0.5, 0.6) is 0 Å². The molecule has 0 aromatic heterocycles. The molecule has 0 spiro atoms. The molecule has 0 heterocycles. The molecule has 0 bridgehead atoms. The van der Waals surface area contributed by atoms with Gasteiger partial charge in [-0.25, -0.2) is 24.3 Å². The second-order valence-corrected chi connectivity index (χ2v) is 5.77. The second-order valence-electron chi connectivity index (χ2n) is 2.04. The van der Waals surface area contributed by atoms with Gasteiger partial charge < -0.3 is 0 Å². The number of hydrogen-bond donors (Lipinski definition) is 0. The molecular weight excluding hydrogens is 282 g/mol. The maximum Gasteiger partial charge on any atom is -0.172 e. The number of allylic oxidation sites excluding steroid dienone is 4. The molecule has 1 aliphatic rings. The summed E-state index contributed by atoms with van der Waals surface area (Å²) in [4.78, 5) is 0. The van der Waals surface area contributed by atoms with Crippen LogP contribution in [-0.4, -0.2) is 0 Å². The number of halogens is 2. The third-order valence-electron chi connectivity index (χ3n) is 1.14. The molecule has 1 aromatic carbocycles. The Hall–Kier alpha value is 0.293. The maximum absolute atomic E-state index is 4.93. The molecule has 3 heteroatoms. The van der Waals surface area contributed by atoms with Crippen molar-refractivity contribution in [1.29, 1.82) is 0 Å². The Morgan fingerprint density at radius 2 is 1.85 bits per heavy atom. The standard InChI is InChI=1S/2C5H5.2ClH.Zr/c2*1-2-4-5-3-1;;;/h1-3H,4H2;1-5H;2*1H;/q2*-1;;;+4/p-2. The van der Waals surface area contributed by atoms with Crippen molar-refractivity contribution in [2.24, 2.45) is 0 Å². The van der Waals surface area contributed by atoms with Crippen molar-refractivity contribution in [3.8, 4) is 0 Å². The molecule has 0 saturated heterocycles.